The molecule has 1 rings (SSSR count). The van der Waals surface area contributed by atoms with Crippen LogP contribution >= 0.6 is 0 Å². The highest BCUT2D eigenvalue weighted by molar-refractivity contribution is 7.84. The third-order valence-electron chi connectivity index (χ3n) is 1.76. The van der Waals surface area contributed by atoms with E-state index in [4.69, 9.17) is 5.73 Å². The summed E-state index contributed by atoms with van der Waals surface area (Å²) < 4.78 is 11.4. The van der Waals surface area contributed by atoms with E-state index in [-0.39, 0.29) is 0 Å². The molecule has 0 bridgehead atoms. The molecule has 0 aliphatic heterocycles. The molecule has 13 heavy (non-hydrogen) atoms. The van der Waals surface area contributed by atoms with Crippen LogP contribution in [0.3, 0.4) is 0 Å². The van der Waals surface area contributed by atoms with Crippen LogP contribution in [0.1, 0.15) is 11.3 Å². The van der Waals surface area contributed by atoms with Gasteiger partial charge in [-0.05, 0) is 18.6 Å². The zero-order valence-corrected chi connectivity index (χ0v) is 8.51. The van der Waals surface area contributed by atoms with Crippen LogP contribution in [0.15, 0.2) is 18.3 Å². The van der Waals surface area contributed by atoms with Crippen molar-refractivity contribution in [2.24, 2.45) is 5.73 Å². The van der Waals surface area contributed by atoms with Crippen LogP contribution in [0.4, 0.5) is 0 Å². The van der Waals surface area contributed by atoms with Crippen LogP contribution in [0.5, 0.6) is 0 Å². The quantitative estimate of drug-likeness (QED) is 0.770. The number of nitrogens with zero attached hydrogens (tertiary/aromatic N) is 1. The van der Waals surface area contributed by atoms with E-state index < -0.39 is 10.8 Å². The third kappa shape index (κ3) is 3.24. The molecule has 0 spiro atoms. The summed E-state index contributed by atoms with van der Waals surface area (Å²) >= 11 is 0. The van der Waals surface area contributed by atoms with Gasteiger partial charge in [0, 0.05) is 29.3 Å². The minimum atomic E-state index is -0.869. The SMILES string of the molecule is Cc1cccnc1CS(=O)CCN. The molecule has 1 unspecified atom stereocenters. The number of pyridine rings is 1. The normalized spacial score (nSPS) is 12.8. The number of hydrogen-bond donors (Lipinski definition) is 1. The van der Waals surface area contributed by atoms with E-state index >= 15 is 0 Å². The first-order valence-corrected chi connectivity index (χ1v) is 5.68. The molecule has 2 N–H and O–H groups in total. The second-order valence-corrected chi connectivity index (χ2v) is 4.42. The lowest BCUT2D eigenvalue weighted by Gasteiger charge is -2.02. The highest BCUT2D eigenvalue weighted by Gasteiger charge is 2.03. The van der Waals surface area contributed by atoms with Crippen molar-refractivity contribution >= 4 is 10.8 Å². The van der Waals surface area contributed by atoms with Gasteiger partial charge in [0.05, 0.1) is 11.4 Å². The average molecular weight is 198 g/mol. The van der Waals surface area contributed by atoms with E-state index in [9.17, 15) is 4.21 Å². The Balaban J connectivity index is 2.63. The highest BCUT2D eigenvalue weighted by atomic mass is 32.2. The van der Waals surface area contributed by atoms with Crippen molar-refractivity contribution in [2.75, 3.05) is 12.3 Å². The molecule has 3 nitrogen and oxygen atoms in total. The van der Waals surface area contributed by atoms with Gasteiger partial charge in [0.25, 0.3) is 0 Å². The largest absolute Gasteiger partial charge is 0.330 e. The fourth-order valence-corrected chi connectivity index (χ4v) is 2.04. The summed E-state index contributed by atoms with van der Waals surface area (Å²) in [5, 5.41) is 0. The second kappa shape index (κ2) is 5.09. The Morgan fingerprint density at radius 3 is 3.00 bits per heavy atom. The Morgan fingerprint density at radius 2 is 2.38 bits per heavy atom. The van der Waals surface area contributed by atoms with Crippen LogP contribution in [0.25, 0.3) is 0 Å². The summed E-state index contributed by atoms with van der Waals surface area (Å²) in [5.74, 6) is 1.07. The standard InChI is InChI=1S/C9H14N2OS/c1-8-3-2-5-11-9(8)7-13(12)6-4-10/h2-3,5H,4,6-7,10H2,1H3. The van der Waals surface area contributed by atoms with E-state index in [0.29, 0.717) is 18.1 Å². The van der Waals surface area contributed by atoms with Crippen molar-refractivity contribution in [3.63, 3.8) is 0 Å². The van der Waals surface area contributed by atoms with Crippen LogP contribution in [-0.4, -0.2) is 21.5 Å². The Labute approximate surface area is 80.8 Å². The molecule has 1 aromatic rings. The maximum Gasteiger partial charge on any atom is 0.0662 e. The zero-order valence-electron chi connectivity index (χ0n) is 7.69. The molecule has 0 aliphatic rings. The van der Waals surface area contributed by atoms with Gasteiger partial charge in [-0.25, -0.2) is 0 Å². The van der Waals surface area contributed by atoms with E-state index in [0.717, 1.165) is 11.3 Å². The van der Waals surface area contributed by atoms with Gasteiger partial charge in [0.1, 0.15) is 0 Å². The van der Waals surface area contributed by atoms with Crippen LogP contribution in [0, 0.1) is 6.92 Å². The zero-order chi connectivity index (χ0) is 9.68. The van der Waals surface area contributed by atoms with Crippen molar-refractivity contribution in [1.29, 1.82) is 0 Å². The van der Waals surface area contributed by atoms with E-state index in [1.165, 1.54) is 0 Å². The molecule has 0 amide bonds. The first kappa shape index (κ1) is 10.3. The number of aromatic nitrogens is 1. The Bertz CT molecular complexity index is 301. The summed E-state index contributed by atoms with van der Waals surface area (Å²) in [5.41, 5.74) is 7.31. The van der Waals surface area contributed by atoms with Crippen molar-refractivity contribution in [3.05, 3.63) is 29.6 Å². The summed E-state index contributed by atoms with van der Waals surface area (Å²) in [4.78, 5) is 4.17. The van der Waals surface area contributed by atoms with Crippen LogP contribution < -0.4 is 5.73 Å². The van der Waals surface area contributed by atoms with Gasteiger partial charge in [-0.15, -0.1) is 0 Å². The number of nitrogens with two attached hydrogens (primary N) is 1. The Morgan fingerprint density at radius 1 is 1.62 bits per heavy atom. The van der Waals surface area contributed by atoms with Gasteiger partial charge in [-0.1, -0.05) is 6.07 Å². The molecule has 0 saturated heterocycles. The lowest BCUT2D eigenvalue weighted by molar-refractivity contribution is 0.681. The molecule has 0 aromatic carbocycles. The highest BCUT2D eigenvalue weighted by Crippen LogP contribution is 2.05. The summed E-state index contributed by atoms with van der Waals surface area (Å²) in [7, 11) is -0.869. The first-order chi connectivity index (χ1) is 6.24. The second-order valence-electron chi connectivity index (χ2n) is 2.84. The molecule has 0 radical (unpaired) electrons. The summed E-state index contributed by atoms with van der Waals surface area (Å²) in [6.45, 7) is 2.44. The molecule has 1 atom stereocenters. The van der Waals surface area contributed by atoms with Crippen molar-refractivity contribution in [2.45, 2.75) is 12.7 Å². The molecule has 1 aromatic heterocycles. The fourth-order valence-electron chi connectivity index (χ4n) is 1.03. The molecular formula is C9H14N2OS. The van der Waals surface area contributed by atoms with E-state index in [2.05, 4.69) is 4.98 Å². The minimum absolute atomic E-state index is 0.471. The monoisotopic (exact) mass is 198 g/mol. The van der Waals surface area contributed by atoms with Gasteiger partial charge in [-0.2, -0.15) is 0 Å². The van der Waals surface area contributed by atoms with Crippen molar-refractivity contribution in [3.8, 4) is 0 Å². The Kier molecular flexibility index (Phi) is 4.05. The Hall–Kier alpha value is -0.740. The predicted molar refractivity (Wildman–Crippen MR) is 54.7 cm³/mol. The van der Waals surface area contributed by atoms with E-state index in [1.54, 1.807) is 6.20 Å². The number of rotatable bonds is 4. The van der Waals surface area contributed by atoms with E-state index in [1.807, 2.05) is 19.1 Å². The van der Waals surface area contributed by atoms with Crippen LogP contribution in [-0.2, 0) is 16.6 Å². The van der Waals surface area contributed by atoms with Crippen molar-refractivity contribution < 1.29 is 4.21 Å². The lowest BCUT2D eigenvalue weighted by atomic mass is 10.2. The maximum atomic E-state index is 11.4. The minimum Gasteiger partial charge on any atom is -0.330 e. The summed E-state index contributed by atoms with van der Waals surface area (Å²) in [6, 6.07) is 3.85. The molecule has 4 heteroatoms. The lowest BCUT2D eigenvalue weighted by Crippen LogP contribution is -2.12. The smallest absolute Gasteiger partial charge is 0.0662 e. The van der Waals surface area contributed by atoms with Gasteiger partial charge in [0.15, 0.2) is 0 Å². The predicted octanol–water partition coefficient (Wildman–Crippen LogP) is 0.597. The first-order valence-electron chi connectivity index (χ1n) is 4.19. The molecular weight excluding hydrogens is 184 g/mol. The molecule has 0 saturated carbocycles. The van der Waals surface area contributed by atoms with Gasteiger partial charge >= 0.3 is 0 Å². The molecule has 0 fully saturated rings. The molecule has 0 aliphatic carbocycles. The van der Waals surface area contributed by atoms with Gasteiger partial charge in [0.2, 0.25) is 0 Å². The van der Waals surface area contributed by atoms with Crippen molar-refractivity contribution in [1.82, 2.24) is 4.98 Å². The fraction of sp³-hybridized carbons (Fsp3) is 0.444. The van der Waals surface area contributed by atoms with Crippen LogP contribution in [0.2, 0.25) is 0 Å². The summed E-state index contributed by atoms with van der Waals surface area (Å²) in [6.07, 6.45) is 1.72. The molecule has 1 heterocycles. The third-order valence-corrected chi connectivity index (χ3v) is 3.05. The molecule has 72 valence electrons. The average Bonchev–Trinajstić information content (AvgIpc) is 2.09. The number of hydrogen-bond acceptors (Lipinski definition) is 3. The number of aryl methyl sites for hydroxylation is 1. The van der Waals surface area contributed by atoms with Gasteiger partial charge in [-0.3, -0.25) is 9.19 Å². The van der Waals surface area contributed by atoms with Gasteiger partial charge < -0.3 is 5.73 Å². The maximum absolute atomic E-state index is 11.4. The topological polar surface area (TPSA) is 56.0 Å².